The molecule has 0 fully saturated rings. The van der Waals surface area contributed by atoms with E-state index in [-0.39, 0.29) is 24.1 Å². The Balaban J connectivity index is 1.41. The molecule has 5 nitrogen and oxygen atoms in total. The quantitative estimate of drug-likeness (QED) is 0.556. The van der Waals surface area contributed by atoms with Crippen molar-refractivity contribution in [2.75, 3.05) is 0 Å². The third kappa shape index (κ3) is 2.96. The standard InChI is InChI=1S/C21H17N3O2S2/c25-18(23-16-8-7-13-4-1-2-5-14(13)16)10-24-12-22-20-19(21(24)26)15(11-28-20)17-6-3-9-27-17/h1-6,9,11-12,16H,7-8,10H2,(H,23,25). The van der Waals surface area contributed by atoms with Gasteiger partial charge in [0.1, 0.15) is 11.4 Å². The van der Waals surface area contributed by atoms with E-state index in [1.165, 1.54) is 33.4 Å². The Labute approximate surface area is 169 Å². The number of thiophene rings is 2. The number of nitrogens with zero attached hydrogens (tertiary/aromatic N) is 2. The molecule has 0 saturated carbocycles. The minimum absolute atomic E-state index is 0.0129. The van der Waals surface area contributed by atoms with Gasteiger partial charge in [-0.15, -0.1) is 22.7 Å². The zero-order valence-corrected chi connectivity index (χ0v) is 16.6. The minimum Gasteiger partial charge on any atom is -0.348 e. The van der Waals surface area contributed by atoms with Gasteiger partial charge >= 0.3 is 0 Å². The summed E-state index contributed by atoms with van der Waals surface area (Å²) in [6.45, 7) is -0.0276. The molecule has 1 atom stereocenters. The number of carbonyl (C=O) groups excluding carboxylic acids is 1. The average Bonchev–Trinajstić information content (AvgIpc) is 3.44. The van der Waals surface area contributed by atoms with Crippen molar-refractivity contribution < 1.29 is 4.79 Å². The average molecular weight is 408 g/mol. The predicted octanol–water partition coefficient (Wildman–Crippen LogP) is 3.99. The maximum Gasteiger partial charge on any atom is 0.263 e. The number of aromatic nitrogens is 2. The van der Waals surface area contributed by atoms with Gasteiger partial charge in [-0.1, -0.05) is 30.3 Å². The molecule has 1 unspecified atom stereocenters. The van der Waals surface area contributed by atoms with Crippen molar-refractivity contribution in [2.24, 2.45) is 0 Å². The second-order valence-corrected chi connectivity index (χ2v) is 8.65. The summed E-state index contributed by atoms with van der Waals surface area (Å²) in [6, 6.07) is 12.2. The van der Waals surface area contributed by atoms with E-state index in [4.69, 9.17) is 0 Å². The number of aryl methyl sites for hydroxylation is 1. The van der Waals surface area contributed by atoms with Gasteiger partial charge in [-0.05, 0) is 35.4 Å². The molecule has 5 rings (SSSR count). The van der Waals surface area contributed by atoms with E-state index in [0.717, 1.165) is 23.3 Å². The van der Waals surface area contributed by atoms with Crippen LogP contribution in [0.15, 0.2) is 58.3 Å². The second kappa shape index (κ2) is 7.00. The normalized spacial score (nSPS) is 15.6. The van der Waals surface area contributed by atoms with Crippen molar-refractivity contribution in [2.45, 2.75) is 25.4 Å². The van der Waals surface area contributed by atoms with Crippen LogP contribution in [-0.4, -0.2) is 15.5 Å². The number of hydrogen-bond acceptors (Lipinski definition) is 5. The maximum absolute atomic E-state index is 13.0. The number of hydrogen-bond donors (Lipinski definition) is 1. The van der Waals surface area contributed by atoms with Crippen LogP contribution in [0.25, 0.3) is 20.7 Å². The molecule has 4 aromatic rings. The fourth-order valence-electron chi connectivity index (χ4n) is 3.80. The predicted molar refractivity (Wildman–Crippen MR) is 113 cm³/mol. The molecule has 0 saturated heterocycles. The minimum atomic E-state index is -0.170. The molecule has 0 aliphatic heterocycles. The van der Waals surface area contributed by atoms with E-state index < -0.39 is 0 Å². The topological polar surface area (TPSA) is 64.0 Å². The van der Waals surface area contributed by atoms with E-state index in [0.29, 0.717) is 10.2 Å². The Hall–Kier alpha value is -2.77. The van der Waals surface area contributed by atoms with Crippen molar-refractivity contribution in [1.82, 2.24) is 14.9 Å². The van der Waals surface area contributed by atoms with Gasteiger partial charge in [-0.2, -0.15) is 0 Å². The van der Waals surface area contributed by atoms with E-state index in [9.17, 15) is 9.59 Å². The molecule has 1 N–H and O–H groups in total. The van der Waals surface area contributed by atoms with Crippen LogP contribution in [0.2, 0.25) is 0 Å². The number of amides is 1. The van der Waals surface area contributed by atoms with Crippen molar-refractivity contribution in [3.05, 3.63) is 75.0 Å². The Bertz CT molecular complexity index is 1220. The highest BCUT2D eigenvalue weighted by Gasteiger charge is 2.23. The fraction of sp³-hybridized carbons (Fsp3) is 0.190. The Kier molecular flexibility index (Phi) is 4.33. The van der Waals surface area contributed by atoms with Crippen LogP contribution in [0.5, 0.6) is 0 Å². The summed E-state index contributed by atoms with van der Waals surface area (Å²) in [5, 5.41) is 7.61. The molecule has 1 aromatic carbocycles. The zero-order chi connectivity index (χ0) is 19.1. The van der Waals surface area contributed by atoms with Crippen LogP contribution in [0.1, 0.15) is 23.6 Å². The molecule has 1 aliphatic rings. The molecular formula is C21H17N3O2S2. The van der Waals surface area contributed by atoms with Gasteiger partial charge in [0.2, 0.25) is 5.91 Å². The van der Waals surface area contributed by atoms with Gasteiger partial charge in [0.25, 0.3) is 5.56 Å². The van der Waals surface area contributed by atoms with E-state index >= 15 is 0 Å². The lowest BCUT2D eigenvalue weighted by Gasteiger charge is -2.14. The van der Waals surface area contributed by atoms with E-state index in [2.05, 4.69) is 22.4 Å². The van der Waals surface area contributed by atoms with Gasteiger partial charge in [-0.3, -0.25) is 14.2 Å². The van der Waals surface area contributed by atoms with Gasteiger partial charge in [-0.25, -0.2) is 4.98 Å². The Morgan fingerprint density at radius 2 is 2.11 bits per heavy atom. The van der Waals surface area contributed by atoms with Crippen LogP contribution in [0, 0.1) is 0 Å². The first-order chi connectivity index (χ1) is 13.7. The molecule has 28 heavy (non-hydrogen) atoms. The van der Waals surface area contributed by atoms with Crippen molar-refractivity contribution in [3.8, 4) is 10.4 Å². The molecule has 0 spiro atoms. The lowest BCUT2D eigenvalue weighted by atomic mass is 10.1. The third-order valence-electron chi connectivity index (χ3n) is 5.13. The number of rotatable bonds is 4. The first-order valence-corrected chi connectivity index (χ1v) is 10.8. The van der Waals surface area contributed by atoms with Crippen LogP contribution < -0.4 is 10.9 Å². The van der Waals surface area contributed by atoms with Crippen LogP contribution in [-0.2, 0) is 17.8 Å². The monoisotopic (exact) mass is 407 g/mol. The van der Waals surface area contributed by atoms with Gasteiger partial charge < -0.3 is 5.32 Å². The largest absolute Gasteiger partial charge is 0.348 e. The zero-order valence-electron chi connectivity index (χ0n) is 14.9. The summed E-state index contributed by atoms with van der Waals surface area (Å²) < 4.78 is 1.41. The summed E-state index contributed by atoms with van der Waals surface area (Å²) in [5.41, 5.74) is 3.19. The first-order valence-electron chi connectivity index (χ1n) is 9.08. The summed E-state index contributed by atoms with van der Waals surface area (Å²) >= 11 is 3.04. The Morgan fingerprint density at radius 3 is 2.96 bits per heavy atom. The van der Waals surface area contributed by atoms with Gasteiger partial charge in [0.15, 0.2) is 0 Å². The molecule has 3 heterocycles. The molecule has 0 radical (unpaired) electrons. The molecule has 140 valence electrons. The molecular weight excluding hydrogens is 390 g/mol. The lowest BCUT2D eigenvalue weighted by Crippen LogP contribution is -2.34. The van der Waals surface area contributed by atoms with Gasteiger partial charge in [0, 0.05) is 15.8 Å². The van der Waals surface area contributed by atoms with Crippen molar-refractivity contribution >= 4 is 38.8 Å². The highest BCUT2D eigenvalue weighted by molar-refractivity contribution is 7.18. The van der Waals surface area contributed by atoms with E-state index in [1.807, 2.05) is 35.0 Å². The molecule has 7 heteroatoms. The lowest BCUT2D eigenvalue weighted by molar-refractivity contribution is -0.122. The first kappa shape index (κ1) is 17.3. The molecule has 1 aliphatic carbocycles. The highest BCUT2D eigenvalue weighted by atomic mass is 32.1. The van der Waals surface area contributed by atoms with Gasteiger partial charge in [0.05, 0.1) is 17.8 Å². The third-order valence-corrected chi connectivity index (χ3v) is 6.92. The van der Waals surface area contributed by atoms with Crippen LogP contribution in [0.4, 0.5) is 0 Å². The summed E-state index contributed by atoms with van der Waals surface area (Å²) in [5.74, 6) is -0.169. The summed E-state index contributed by atoms with van der Waals surface area (Å²) in [7, 11) is 0. The summed E-state index contributed by atoms with van der Waals surface area (Å²) in [4.78, 5) is 31.8. The van der Waals surface area contributed by atoms with Crippen LogP contribution in [0.3, 0.4) is 0 Å². The number of benzene rings is 1. The van der Waals surface area contributed by atoms with Crippen LogP contribution >= 0.6 is 22.7 Å². The van der Waals surface area contributed by atoms with E-state index in [1.54, 1.807) is 11.3 Å². The van der Waals surface area contributed by atoms with Crippen molar-refractivity contribution in [3.63, 3.8) is 0 Å². The Morgan fingerprint density at radius 1 is 1.21 bits per heavy atom. The smallest absolute Gasteiger partial charge is 0.263 e. The summed E-state index contributed by atoms with van der Waals surface area (Å²) in [6.07, 6.45) is 3.33. The molecule has 0 bridgehead atoms. The fourth-order valence-corrected chi connectivity index (χ4v) is 5.52. The van der Waals surface area contributed by atoms with Crippen molar-refractivity contribution in [1.29, 1.82) is 0 Å². The number of carbonyl (C=O) groups is 1. The number of nitrogens with one attached hydrogen (secondary N) is 1. The maximum atomic E-state index is 13.0. The molecule has 3 aromatic heterocycles. The highest BCUT2D eigenvalue weighted by Crippen LogP contribution is 2.33. The number of fused-ring (bicyclic) bond motifs is 2. The SMILES string of the molecule is O=C(Cn1cnc2scc(-c3cccs3)c2c1=O)NC1CCc2ccccc21. The molecule has 1 amide bonds. The second-order valence-electron chi connectivity index (χ2n) is 6.84.